The van der Waals surface area contributed by atoms with Crippen molar-refractivity contribution in [3.63, 3.8) is 0 Å². The van der Waals surface area contributed by atoms with E-state index in [-0.39, 0.29) is 0 Å². The van der Waals surface area contributed by atoms with Gasteiger partial charge in [-0.05, 0) is 23.6 Å². The molecule has 0 radical (unpaired) electrons. The molecule has 3 rings (SSSR count). The molecule has 0 aliphatic carbocycles. The summed E-state index contributed by atoms with van der Waals surface area (Å²) in [6, 6.07) is 5.26. The quantitative estimate of drug-likeness (QED) is 0.815. The van der Waals surface area contributed by atoms with Gasteiger partial charge < -0.3 is 14.9 Å². The van der Waals surface area contributed by atoms with Gasteiger partial charge in [0.25, 0.3) is 0 Å². The molecular weight excluding hydrogens is 240 g/mol. The second kappa shape index (κ2) is 3.72. The monoisotopic (exact) mass is 250 g/mol. The second-order valence-corrected chi connectivity index (χ2v) is 5.08. The number of ether oxygens (including phenoxy) is 1. The van der Waals surface area contributed by atoms with Gasteiger partial charge in [-0.3, -0.25) is 0 Å². The van der Waals surface area contributed by atoms with Crippen LogP contribution in [0.25, 0.3) is 10.1 Å². The predicted molar refractivity (Wildman–Crippen MR) is 63.9 cm³/mol. The Morgan fingerprint density at radius 1 is 1.41 bits per heavy atom. The first-order valence-corrected chi connectivity index (χ1v) is 6.08. The first-order valence-electron chi connectivity index (χ1n) is 5.27. The Labute approximate surface area is 101 Å². The number of carbonyl (C=O) groups is 1. The lowest BCUT2D eigenvalue weighted by atomic mass is 10.0. The molecule has 88 valence electrons. The highest BCUT2D eigenvalue weighted by molar-refractivity contribution is 7.20. The molecule has 1 aliphatic rings. The van der Waals surface area contributed by atoms with Crippen molar-refractivity contribution < 1.29 is 19.7 Å². The highest BCUT2D eigenvalue weighted by Gasteiger charge is 2.21. The molecule has 1 aliphatic heterocycles. The van der Waals surface area contributed by atoms with Crippen LogP contribution in [0.3, 0.4) is 0 Å². The average molecular weight is 250 g/mol. The number of thiophene rings is 1. The Morgan fingerprint density at radius 3 is 3.00 bits per heavy atom. The third-order valence-corrected chi connectivity index (χ3v) is 3.95. The molecule has 0 saturated carbocycles. The molecule has 0 amide bonds. The number of fused-ring (bicyclic) bond motifs is 2. The number of rotatable bonds is 1. The summed E-state index contributed by atoms with van der Waals surface area (Å²) in [4.78, 5) is 11.2. The van der Waals surface area contributed by atoms with Crippen LogP contribution in [0.15, 0.2) is 18.2 Å². The van der Waals surface area contributed by atoms with Crippen molar-refractivity contribution in [1.82, 2.24) is 0 Å². The van der Waals surface area contributed by atoms with E-state index in [1.54, 1.807) is 6.07 Å². The SMILES string of the molecule is O=C(O)c1cc2cc3c(cc2s1)OCCC3O. The fraction of sp³-hybridized carbons (Fsp3) is 0.250. The number of hydrogen-bond acceptors (Lipinski definition) is 4. The van der Waals surface area contributed by atoms with E-state index in [2.05, 4.69) is 0 Å². The summed E-state index contributed by atoms with van der Waals surface area (Å²) in [5.41, 5.74) is 0.749. The van der Waals surface area contributed by atoms with Gasteiger partial charge in [-0.2, -0.15) is 0 Å². The maximum absolute atomic E-state index is 10.9. The Kier molecular flexibility index (Phi) is 2.31. The van der Waals surface area contributed by atoms with Crippen LogP contribution in [0.5, 0.6) is 5.75 Å². The van der Waals surface area contributed by atoms with Gasteiger partial charge >= 0.3 is 5.97 Å². The Morgan fingerprint density at radius 2 is 2.24 bits per heavy atom. The van der Waals surface area contributed by atoms with Gasteiger partial charge in [0.15, 0.2) is 0 Å². The van der Waals surface area contributed by atoms with E-state index in [9.17, 15) is 9.90 Å². The number of benzene rings is 1. The number of carboxylic acids is 1. The molecule has 1 atom stereocenters. The zero-order chi connectivity index (χ0) is 12.0. The normalized spacial score (nSPS) is 18.8. The summed E-state index contributed by atoms with van der Waals surface area (Å²) >= 11 is 1.22. The van der Waals surface area contributed by atoms with Crippen molar-refractivity contribution >= 4 is 27.4 Å². The number of carboxylic acid groups (broad SMARTS) is 1. The lowest BCUT2D eigenvalue weighted by Gasteiger charge is -2.21. The fourth-order valence-corrected chi connectivity index (χ4v) is 2.92. The highest BCUT2D eigenvalue weighted by atomic mass is 32.1. The van der Waals surface area contributed by atoms with Gasteiger partial charge in [0, 0.05) is 16.7 Å². The van der Waals surface area contributed by atoms with Crippen LogP contribution in [0, 0.1) is 0 Å². The molecule has 1 aromatic carbocycles. The van der Waals surface area contributed by atoms with Crippen LogP contribution in [-0.2, 0) is 0 Å². The summed E-state index contributed by atoms with van der Waals surface area (Å²) < 4.78 is 6.34. The number of aliphatic hydroxyl groups is 1. The van der Waals surface area contributed by atoms with E-state index >= 15 is 0 Å². The zero-order valence-electron chi connectivity index (χ0n) is 8.84. The molecule has 2 heterocycles. The van der Waals surface area contributed by atoms with E-state index in [0.29, 0.717) is 23.7 Å². The summed E-state index contributed by atoms with van der Waals surface area (Å²) in [6.45, 7) is 0.497. The fourth-order valence-electron chi connectivity index (χ4n) is 2.01. The van der Waals surface area contributed by atoms with Gasteiger partial charge in [-0.1, -0.05) is 0 Å². The Hall–Kier alpha value is -1.59. The molecule has 17 heavy (non-hydrogen) atoms. The largest absolute Gasteiger partial charge is 0.493 e. The van der Waals surface area contributed by atoms with Gasteiger partial charge in [0.05, 0.1) is 12.7 Å². The number of hydrogen-bond donors (Lipinski definition) is 2. The van der Waals surface area contributed by atoms with Crippen LogP contribution in [0.1, 0.15) is 27.8 Å². The lowest BCUT2D eigenvalue weighted by molar-refractivity contribution is 0.0702. The first kappa shape index (κ1) is 10.6. The van der Waals surface area contributed by atoms with Crippen molar-refractivity contribution in [1.29, 1.82) is 0 Å². The smallest absolute Gasteiger partial charge is 0.345 e. The minimum atomic E-state index is -0.925. The summed E-state index contributed by atoms with van der Waals surface area (Å²) in [6.07, 6.45) is 0.0605. The van der Waals surface area contributed by atoms with Crippen molar-refractivity contribution in [2.24, 2.45) is 0 Å². The van der Waals surface area contributed by atoms with Crippen molar-refractivity contribution in [2.45, 2.75) is 12.5 Å². The van der Waals surface area contributed by atoms with Crippen molar-refractivity contribution in [3.8, 4) is 5.75 Å². The molecule has 0 saturated heterocycles. The lowest BCUT2D eigenvalue weighted by Crippen LogP contribution is -2.13. The standard InChI is InChI=1S/C12H10O4S/c13-8-1-2-16-9-5-10-6(3-7(8)9)4-11(17-10)12(14)15/h3-5,8,13H,1-2H2,(H,14,15). The average Bonchev–Trinajstić information content (AvgIpc) is 2.70. The van der Waals surface area contributed by atoms with Gasteiger partial charge in [0.2, 0.25) is 0 Å². The molecule has 0 bridgehead atoms. The highest BCUT2D eigenvalue weighted by Crippen LogP contribution is 2.38. The molecule has 1 unspecified atom stereocenters. The summed E-state index contributed by atoms with van der Waals surface area (Å²) in [7, 11) is 0. The van der Waals surface area contributed by atoms with E-state index in [0.717, 1.165) is 15.6 Å². The van der Waals surface area contributed by atoms with Crippen molar-refractivity contribution in [2.75, 3.05) is 6.61 Å². The van der Waals surface area contributed by atoms with Crippen LogP contribution >= 0.6 is 11.3 Å². The van der Waals surface area contributed by atoms with Crippen molar-refractivity contribution in [3.05, 3.63) is 28.6 Å². The molecule has 2 aromatic rings. The van der Waals surface area contributed by atoms with Crippen LogP contribution < -0.4 is 4.74 Å². The molecule has 4 nitrogen and oxygen atoms in total. The maximum Gasteiger partial charge on any atom is 0.345 e. The van der Waals surface area contributed by atoms with E-state index in [1.807, 2.05) is 12.1 Å². The predicted octanol–water partition coefficient (Wildman–Crippen LogP) is 2.42. The third-order valence-electron chi connectivity index (χ3n) is 2.87. The van der Waals surface area contributed by atoms with Gasteiger partial charge in [-0.25, -0.2) is 4.79 Å². The molecule has 2 N–H and O–H groups in total. The molecule has 5 heteroatoms. The topological polar surface area (TPSA) is 66.8 Å². The van der Waals surface area contributed by atoms with Crippen LogP contribution in [-0.4, -0.2) is 22.8 Å². The zero-order valence-corrected chi connectivity index (χ0v) is 9.66. The van der Waals surface area contributed by atoms with Crippen LogP contribution in [0.4, 0.5) is 0 Å². The van der Waals surface area contributed by atoms with Gasteiger partial charge in [-0.15, -0.1) is 11.3 Å². The second-order valence-electron chi connectivity index (χ2n) is 4.00. The Bertz CT molecular complexity index is 602. The first-order chi connectivity index (χ1) is 8.15. The summed E-state index contributed by atoms with van der Waals surface area (Å²) in [5.74, 6) is -0.263. The molecule has 0 fully saturated rings. The number of aromatic carboxylic acids is 1. The molecule has 0 spiro atoms. The maximum atomic E-state index is 10.9. The van der Waals surface area contributed by atoms with E-state index < -0.39 is 12.1 Å². The van der Waals surface area contributed by atoms with Crippen LogP contribution in [0.2, 0.25) is 0 Å². The van der Waals surface area contributed by atoms with Gasteiger partial charge in [0.1, 0.15) is 10.6 Å². The Balaban J connectivity index is 2.21. The molecule has 1 aromatic heterocycles. The van der Waals surface area contributed by atoms with E-state index in [1.165, 1.54) is 11.3 Å². The minimum absolute atomic E-state index is 0.303. The molecular formula is C12H10O4S. The van der Waals surface area contributed by atoms with E-state index in [4.69, 9.17) is 9.84 Å². The minimum Gasteiger partial charge on any atom is -0.493 e. The number of aliphatic hydroxyl groups excluding tert-OH is 1. The summed E-state index contributed by atoms with van der Waals surface area (Å²) in [5, 5.41) is 19.6. The third kappa shape index (κ3) is 1.67.